The number of fused-ring (bicyclic) bond motifs is 3. The third kappa shape index (κ3) is 3.23. The van der Waals surface area contributed by atoms with Gasteiger partial charge in [-0.15, -0.1) is 0 Å². The Morgan fingerprint density at radius 3 is 2.79 bits per heavy atom. The summed E-state index contributed by atoms with van der Waals surface area (Å²) in [5.74, 6) is 1.17. The fourth-order valence-corrected chi connectivity index (χ4v) is 4.37. The molecule has 29 heavy (non-hydrogen) atoms. The third-order valence-electron chi connectivity index (χ3n) is 5.76. The topological polar surface area (TPSA) is 61.4 Å². The average molecular weight is 385 g/mol. The molecular weight excluding hydrogens is 362 g/mol. The van der Waals surface area contributed by atoms with E-state index in [1.807, 2.05) is 36.7 Å². The van der Waals surface area contributed by atoms with Crippen molar-refractivity contribution in [2.75, 3.05) is 13.7 Å². The van der Waals surface area contributed by atoms with Crippen LogP contribution in [0.4, 0.5) is 0 Å². The molecule has 5 heteroatoms. The minimum atomic E-state index is 0.0969. The first-order valence-corrected chi connectivity index (χ1v) is 9.83. The highest BCUT2D eigenvalue weighted by Gasteiger charge is 2.32. The molecule has 2 aromatic heterocycles. The van der Waals surface area contributed by atoms with Crippen LogP contribution < -0.4 is 4.74 Å². The van der Waals surface area contributed by atoms with Crippen molar-refractivity contribution in [2.24, 2.45) is 0 Å². The van der Waals surface area contributed by atoms with Gasteiger partial charge in [-0.05, 0) is 59.5 Å². The number of nitrogens with one attached hydrogen (secondary N) is 1. The number of aromatic hydroxyl groups is 1. The van der Waals surface area contributed by atoms with Crippen LogP contribution in [0.5, 0.6) is 11.5 Å². The van der Waals surface area contributed by atoms with E-state index in [1.54, 1.807) is 19.2 Å². The molecule has 4 aromatic rings. The summed E-state index contributed by atoms with van der Waals surface area (Å²) >= 11 is 0. The molecule has 2 N–H and O–H groups in total. The molecule has 2 aromatic carbocycles. The van der Waals surface area contributed by atoms with Crippen LogP contribution in [0.25, 0.3) is 10.9 Å². The molecule has 1 aliphatic heterocycles. The molecular formula is C24H23N3O2. The number of benzene rings is 2. The number of rotatable bonds is 4. The van der Waals surface area contributed by atoms with E-state index in [9.17, 15) is 5.11 Å². The number of nitrogens with zero attached hydrogens (tertiary/aromatic N) is 2. The maximum absolute atomic E-state index is 9.61. The number of hydrogen-bond acceptors (Lipinski definition) is 4. The monoisotopic (exact) mass is 385 g/mol. The van der Waals surface area contributed by atoms with Gasteiger partial charge in [-0.1, -0.05) is 18.2 Å². The highest BCUT2D eigenvalue weighted by Crippen LogP contribution is 2.39. The fourth-order valence-electron chi connectivity index (χ4n) is 4.37. The summed E-state index contributed by atoms with van der Waals surface area (Å²) in [5.41, 5.74) is 6.07. The van der Waals surface area contributed by atoms with Crippen molar-refractivity contribution in [3.8, 4) is 11.5 Å². The second-order valence-electron chi connectivity index (χ2n) is 7.50. The first-order chi connectivity index (χ1) is 14.2. The van der Waals surface area contributed by atoms with Gasteiger partial charge in [-0.3, -0.25) is 9.88 Å². The lowest BCUT2D eigenvalue weighted by molar-refractivity contribution is 0.201. The van der Waals surface area contributed by atoms with Gasteiger partial charge in [0.25, 0.3) is 0 Å². The Balaban J connectivity index is 1.60. The van der Waals surface area contributed by atoms with Crippen molar-refractivity contribution in [1.29, 1.82) is 0 Å². The molecule has 0 unspecified atom stereocenters. The summed E-state index contributed by atoms with van der Waals surface area (Å²) in [7, 11) is 1.71. The van der Waals surface area contributed by atoms with Crippen LogP contribution in [-0.4, -0.2) is 33.6 Å². The van der Waals surface area contributed by atoms with Gasteiger partial charge < -0.3 is 14.8 Å². The smallest absolute Gasteiger partial charge is 0.119 e. The molecule has 0 radical (unpaired) electrons. The SMILES string of the molecule is COc1ccc2[nH]c3c(c2c1)CCN(Cc1ccc(O)cc1)[C@H]3c1cccnc1. The van der Waals surface area contributed by atoms with E-state index >= 15 is 0 Å². The third-order valence-corrected chi connectivity index (χ3v) is 5.76. The molecule has 0 spiro atoms. The van der Waals surface area contributed by atoms with Crippen LogP contribution in [0.15, 0.2) is 67.0 Å². The van der Waals surface area contributed by atoms with Crippen LogP contribution >= 0.6 is 0 Å². The summed E-state index contributed by atoms with van der Waals surface area (Å²) < 4.78 is 5.45. The molecule has 5 nitrogen and oxygen atoms in total. The Labute approximate surface area is 169 Å². The zero-order valence-electron chi connectivity index (χ0n) is 16.3. The van der Waals surface area contributed by atoms with E-state index in [-0.39, 0.29) is 6.04 Å². The summed E-state index contributed by atoms with van der Waals surface area (Å²) in [6.45, 7) is 1.75. The Morgan fingerprint density at radius 1 is 1.17 bits per heavy atom. The van der Waals surface area contributed by atoms with E-state index < -0.39 is 0 Å². The predicted octanol–water partition coefficient (Wildman–Crippen LogP) is 4.42. The van der Waals surface area contributed by atoms with Crippen molar-refractivity contribution >= 4 is 10.9 Å². The molecule has 146 valence electrons. The molecule has 1 atom stereocenters. The minimum absolute atomic E-state index is 0.0969. The van der Waals surface area contributed by atoms with Crippen molar-refractivity contribution < 1.29 is 9.84 Å². The number of aromatic nitrogens is 2. The summed E-state index contributed by atoms with van der Waals surface area (Å²) in [4.78, 5) is 10.5. The molecule has 0 aliphatic carbocycles. The number of phenols is 1. The quantitative estimate of drug-likeness (QED) is 0.546. The second kappa shape index (κ2) is 7.26. The Kier molecular flexibility index (Phi) is 4.45. The largest absolute Gasteiger partial charge is 0.508 e. The molecule has 0 amide bonds. The summed E-state index contributed by atoms with van der Waals surface area (Å²) in [6.07, 6.45) is 4.74. The van der Waals surface area contributed by atoms with Crippen molar-refractivity contribution in [2.45, 2.75) is 19.0 Å². The van der Waals surface area contributed by atoms with Gasteiger partial charge in [0.1, 0.15) is 11.5 Å². The standard InChI is InChI=1S/C24H23N3O2/c1-29-19-8-9-22-21(13-19)20-10-12-27(15-16-4-6-18(28)7-5-16)24(23(20)26-22)17-3-2-11-25-14-17/h2-9,11,13-14,24,26,28H,10,12,15H2,1H3/t24-/m0/s1. The highest BCUT2D eigenvalue weighted by molar-refractivity contribution is 5.86. The Hall–Kier alpha value is -3.31. The molecule has 0 saturated heterocycles. The normalized spacial score (nSPS) is 16.7. The molecule has 0 fully saturated rings. The molecule has 0 saturated carbocycles. The first-order valence-electron chi connectivity index (χ1n) is 9.83. The van der Waals surface area contributed by atoms with Crippen LogP contribution in [-0.2, 0) is 13.0 Å². The molecule has 0 bridgehead atoms. The van der Waals surface area contributed by atoms with Gasteiger partial charge in [-0.2, -0.15) is 0 Å². The Morgan fingerprint density at radius 2 is 2.03 bits per heavy atom. The lowest BCUT2D eigenvalue weighted by Crippen LogP contribution is -2.35. The van der Waals surface area contributed by atoms with Gasteiger partial charge >= 0.3 is 0 Å². The maximum Gasteiger partial charge on any atom is 0.119 e. The zero-order valence-corrected chi connectivity index (χ0v) is 16.3. The number of phenolic OH excluding ortho intramolecular Hbond substituents is 1. The number of hydrogen-bond donors (Lipinski definition) is 2. The van der Waals surface area contributed by atoms with Gasteiger partial charge in [0.2, 0.25) is 0 Å². The van der Waals surface area contributed by atoms with Crippen LogP contribution in [0, 0.1) is 0 Å². The Bertz CT molecular complexity index is 1140. The second-order valence-corrected chi connectivity index (χ2v) is 7.50. The van der Waals surface area contributed by atoms with Crippen LogP contribution in [0.1, 0.15) is 28.4 Å². The van der Waals surface area contributed by atoms with E-state index in [2.05, 4.69) is 33.1 Å². The first kappa shape index (κ1) is 17.8. The van der Waals surface area contributed by atoms with Gasteiger partial charge in [0.05, 0.1) is 13.2 Å². The average Bonchev–Trinajstić information content (AvgIpc) is 3.13. The van der Waals surface area contributed by atoms with Gasteiger partial charge in [-0.25, -0.2) is 0 Å². The van der Waals surface area contributed by atoms with Crippen molar-refractivity contribution in [3.05, 3.63) is 89.4 Å². The molecule has 5 rings (SSSR count). The lowest BCUT2D eigenvalue weighted by Gasteiger charge is -2.36. The van der Waals surface area contributed by atoms with Crippen LogP contribution in [0.2, 0.25) is 0 Å². The van der Waals surface area contributed by atoms with E-state index in [4.69, 9.17) is 4.74 Å². The number of H-pyrrole nitrogens is 1. The molecule has 1 aliphatic rings. The number of aromatic amines is 1. The molecule has 3 heterocycles. The van der Waals surface area contributed by atoms with Gasteiger partial charge in [0, 0.05) is 42.1 Å². The maximum atomic E-state index is 9.61. The van der Waals surface area contributed by atoms with E-state index in [0.29, 0.717) is 5.75 Å². The number of pyridine rings is 1. The summed E-state index contributed by atoms with van der Waals surface area (Å²) in [6, 6.07) is 17.9. The van der Waals surface area contributed by atoms with E-state index in [0.717, 1.165) is 30.8 Å². The number of methoxy groups -OCH3 is 1. The highest BCUT2D eigenvalue weighted by atomic mass is 16.5. The minimum Gasteiger partial charge on any atom is -0.508 e. The zero-order chi connectivity index (χ0) is 19.8. The van der Waals surface area contributed by atoms with Crippen molar-refractivity contribution in [3.63, 3.8) is 0 Å². The van der Waals surface area contributed by atoms with Crippen LogP contribution in [0.3, 0.4) is 0 Å². The fraction of sp³-hybridized carbons (Fsp3) is 0.208. The van der Waals surface area contributed by atoms with E-state index in [1.165, 1.54) is 27.8 Å². The van der Waals surface area contributed by atoms with Gasteiger partial charge in [0.15, 0.2) is 0 Å². The predicted molar refractivity (Wildman–Crippen MR) is 113 cm³/mol. The lowest BCUT2D eigenvalue weighted by atomic mass is 9.92. The summed E-state index contributed by atoms with van der Waals surface area (Å²) in [5, 5.41) is 10.8. The van der Waals surface area contributed by atoms with Crippen molar-refractivity contribution in [1.82, 2.24) is 14.9 Å². The number of ether oxygens (including phenoxy) is 1.